The van der Waals surface area contributed by atoms with Gasteiger partial charge in [-0.05, 0) is 31.2 Å². The average molecular weight is 233 g/mol. The Morgan fingerprint density at radius 1 is 1.59 bits per heavy atom. The van der Waals surface area contributed by atoms with Crippen molar-refractivity contribution in [1.29, 1.82) is 5.41 Å². The van der Waals surface area contributed by atoms with Gasteiger partial charge in [0.05, 0.1) is 0 Å². The van der Waals surface area contributed by atoms with E-state index in [4.69, 9.17) is 11.1 Å². The minimum Gasteiger partial charge on any atom is -0.382 e. The van der Waals surface area contributed by atoms with Crippen LogP contribution >= 0.6 is 0 Å². The monoisotopic (exact) mass is 233 g/mol. The molecule has 3 N–H and O–H groups in total. The molecule has 17 heavy (non-hydrogen) atoms. The SMILES string of the molecule is Cc1cc(C(=N)N)nc(N(C)CC2CC2C)n1. The molecule has 0 bridgehead atoms. The second-order valence-corrected chi connectivity index (χ2v) is 4.96. The third kappa shape index (κ3) is 2.72. The molecule has 2 unspecified atom stereocenters. The number of nitrogens with two attached hydrogens (primary N) is 1. The fourth-order valence-corrected chi connectivity index (χ4v) is 1.95. The zero-order chi connectivity index (χ0) is 12.6. The van der Waals surface area contributed by atoms with Crippen molar-refractivity contribution in [3.05, 3.63) is 17.5 Å². The quantitative estimate of drug-likeness (QED) is 0.604. The molecule has 92 valence electrons. The minimum atomic E-state index is -0.00931. The van der Waals surface area contributed by atoms with Crippen molar-refractivity contribution in [3.8, 4) is 0 Å². The lowest BCUT2D eigenvalue weighted by atomic mass is 10.3. The smallest absolute Gasteiger partial charge is 0.225 e. The molecule has 2 atom stereocenters. The summed E-state index contributed by atoms with van der Waals surface area (Å²) < 4.78 is 0. The Balaban J connectivity index is 2.16. The molecule has 5 heteroatoms. The molecule has 0 saturated heterocycles. The van der Waals surface area contributed by atoms with Crippen molar-refractivity contribution >= 4 is 11.8 Å². The molecule has 5 nitrogen and oxygen atoms in total. The fourth-order valence-electron chi connectivity index (χ4n) is 1.95. The third-order valence-corrected chi connectivity index (χ3v) is 3.24. The second-order valence-electron chi connectivity index (χ2n) is 4.96. The number of amidine groups is 1. The van der Waals surface area contributed by atoms with Crippen LogP contribution in [0, 0.1) is 24.2 Å². The van der Waals surface area contributed by atoms with Gasteiger partial charge in [-0.15, -0.1) is 0 Å². The van der Waals surface area contributed by atoms with E-state index >= 15 is 0 Å². The Bertz CT molecular complexity index is 443. The average Bonchev–Trinajstić information content (AvgIpc) is 2.93. The van der Waals surface area contributed by atoms with Crippen LogP contribution in [0.25, 0.3) is 0 Å². The van der Waals surface area contributed by atoms with E-state index in [1.165, 1.54) is 6.42 Å². The normalized spacial score (nSPS) is 22.3. The number of hydrogen-bond acceptors (Lipinski definition) is 4. The highest BCUT2D eigenvalue weighted by molar-refractivity contribution is 5.93. The maximum Gasteiger partial charge on any atom is 0.225 e. The van der Waals surface area contributed by atoms with E-state index in [1.807, 2.05) is 18.9 Å². The lowest BCUT2D eigenvalue weighted by Gasteiger charge is -2.17. The highest BCUT2D eigenvalue weighted by Gasteiger charge is 2.33. The van der Waals surface area contributed by atoms with Crippen LogP contribution in [0.2, 0.25) is 0 Å². The predicted molar refractivity (Wildman–Crippen MR) is 68.3 cm³/mol. The van der Waals surface area contributed by atoms with E-state index in [0.29, 0.717) is 11.6 Å². The highest BCUT2D eigenvalue weighted by Crippen LogP contribution is 2.38. The molecule has 1 aliphatic carbocycles. The van der Waals surface area contributed by atoms with E-state index in [9.17, 15) is 0 Å². The van der Waals surface area contributed by atoms with Gasteiger partial charge in [0.15, 0.2) is 0 Å². The summed E-state index contributed by atoms with van der Waals surface area (Å²) in [4.78, 5) is 10.7. The molecule has 1 saturated carbocycles. The van der Waals surface area contributed by atoms with Gasteiger partial charge in [0.25, 0.3) is 0 Å². The van der Waals surface area contributed by atoms with Gasteiger partial charge >= 0.3 is 0 Å². The standard InChI is InChI=1S/C12H19N5/c1-7-4-9(7)6-17(3)12-15-8(2)5-10(16-12)11(13)14/h5,7,9H,4,6H2,1-3H3,(H3,13,14). The summed E-state index contributed by atoms with van der Waals surface area (Å²) in [6.07, 6.45) is 1.29. The van der Waals surface area contributed by atoms with Crippen LogP contribution in [0.15, 0.2) is 6.07 Å². The summed E-state index contributed by atoms with van der Waals surface area (Å²) in [7, 11) is 1.99. The van der Waals surface area contributed by atoms with Crippen molar-refractivity contribution in [2.75, 3.05) is 18.5 Å². The molecular formula is C12H19N5. The Morgan fingerprint density at radius 3 is 2.76 bits per heavy atom. The van der Waals surface area contributed by atoms with Crippen LogP contribution in [-0.4, -0.2) is 29.4 Å². The van der Waals surface area contributed by atoms with E-state index in [0.717, 1.165) is 24.1 Å². The zero-order valence-electron chi connectivity index (χ0n) is 10.6. The largest absolute Gasteiger partial charge is 0.382 e. The lowest BCUT2D eigenvalue weighted by Crippen LogP contribution is -2.25. The first-order valence-electron chi connectivity index (χ1n) is 5.88. The number of aryl methyl sites for hydroxylation is 1. The van der Waals surface area contributed by atoms with Crippen LogP contribution in [0.4, 0.5) is 5.95 Å². The van der Waals surface area contributed by atoms with Crippen molar-refractivity contribution in [2.24, 2.45) is 17.6 Å². The fraction of sp³-hybridized carbons (Fsp3) is 0.583. The van der Waals surface area contributed by atoms with Gasteiger partial charge in [-0.1, -0.05) is 6.92 Å². The lowest BCUT2D eigenvalue weighted by molar-refractivity contribution is 0.710. The van der Waals surface area contributed by atoms with Crippen molar-refractivity contribution in [1.82, 2.24) is 9.97 Å². The van der Waals surface area contributed by atoms with Gasteiger partial charge in [-0.3, -0.25) is 5.41 Å². The Kier molecular flexibility index (Phi) is 3.00. The maximum absolute atomic E-state index is 7.42. The van der Waals surface area contributed by atoms with Crippen LogP contribution in [-0.2, 0) is 0 Å². The highest BCUT2D eigenvalue weighted by atomic mass is 15.2. The molecule has 1 aromatic heterocycles. The molecule has 0 spiro atoms. The second kappa shape index (κ2) is 4.31. The summed E-state index contributed by atoms with van der Waals surface area (Å²) in [5.74, 6) is 2.22. The van der Waals surface area contributed by atoms with E-state index < -0.39 is 0 Å². The van der Waals surface area contributed by atoms with Gasteiger partial charge in [0, 0.05) is 19.3 Å². The number of anilines is 1. The molecule has 1 aromatic rings. The van der Waals surface area contributed by atoms with E-state index in [-0.39, 0.29) is 5.84 Å². The van der Waals surface area contributed by atoms with Crippen molar-refractivity contribution < 1.29 is 0 Å². The number of aromatic nitrogens is 2. The molecule has 0 radical (unpaired) electrons. The first-order valence-corrected chi connectivity index (χ1v) is 5.88. The van der Waals surface area contributed by atoms with Gasteiger partial charge in [-0.2, -0.15) is 0 Å². The Labute approximate surface area is 102 Å². The number of nitrogen functional groups attached to an aromatic ring is 1. The summed E-state index contributed by atoms with van der Waals surface area (Å²) in [5.41, 5.74) is 6.81. The molecule has 0 aliphatic heterocycles. The van der Waals surface area contributed by atoms with E-state index in [1.54, 1.807) is 6.07 Å². The van der Waals surface area contributed by atoms with Crippen LogP contribution in [0.1, 0.15) is 24.7 Å². The third-order valence-electron chi connectivity index (χ3n) is 3.24. The first-order chi connectivity index (χ1) is 7.97. The topological polar surface area (TPSA) is 78.9 Å². The van der Waals surface area contributed by atoms with Gasteiger partial charge in [0.2, 0.25) is 5.95 Å². The molecular weight excluding hydrogens is 214 g/mol. The minimum absolute atomic E-state index is 0.00931. The Morgan fingerprint density at radius 2 is 2.24 bits per heavy atom. The summed E-state index contributed by atoms with van der Waals surface area (Å²) in [5, 5.41) is 7.42. The molecule has 0 aromatic carbocycles. The summed E-state index contributed by atoms with van der Waals surface area (Å²) in [6, 6.07) is 1.74. The summed E-state index contributed by atoms with van der Waals surface area (Å²) in [6.45, 7) is 5.13. The Hall–Kier alpha value is -1.65. The number of nitrogens with zero attached hydrogens (tertiary/aromatic N) is 3. The van der Waals surface area contributed by atoms with Crippen molar-refractivity contribution in [3.63, 3.8) is 0 Å². The molecule has 1 aliphatic rings. The predicted octanol–water partition coefficient (Wildman–Crippen LogP) is 1.16. The molecule has 0 amide bonds. The van der Waals surface area contributed by atoms with Gasteiger partial charge < -0.3 is 10.6 Å². The molecule has 1 fully saturated rings. The molecule has 2 rings (SSSR count). The first kappa shape index (κ1) is 11.8. The number of nitrogens with one attached hydrogen (secondary N) is 1. The van der Waals surface area contributed by atoms with Crippen molar-refractivity contribution in [2.45, 2.75) is 20.3 Å². The molecule has 1 heterocycles. The number of hydrogen-bond donors (Lipinski definition) is 2. The zero-order valence-corrected chi connectivity index (χ0v) is 10.6. The van der Waals surface area contributed by atoms with Crippen LogP contribution in [0.3, 0.4) is 0 Å². The van der Waals surface area contributed by atoms with E-state index in [2.05, 4.69) is 16.9 Å². The number of rotatable bonds is 4. The maximum atomic E-state index is 7.42. The van der Waals surface area contributed by atoms with Crippen LogP contribution < -0.4 is 10.6 Å². The van der Waals surface area contributed by atoms with Crippen LogP contribution in [0.5, 0.6) is 0 Å². The van der Waals surface area contributed by atoms with Gasteiger partial charge in [0.1, 0.15) is 11.5 Å². The van der Waals surface area contributed by atoms with Gasteiger partial charge in [-0.25, -0.2) is 9.97 Å². The summed E-state index contributed by atoms with van der Waals surface area (Å²) >= 11 is 0.